The molecule has 0 aliphatic rings. The fourth-order valence-corrected chi connectivity index (χ4v) is 1.04. The third-order valence-corrected chi connectivity index (χ3v) is 2.73. The molecule has 0 heterocycles. The quantitative estimate of drug-likeness (QED) is 0.0897. The van der Waals surface area contributed by atoms with Crippen molar-refractivity contribution in [3.8, 4) is 0 Å². The van der Waals surface area contributed by atoms with Crippen molar-refractivity contribution in [3.63, 3.8) is 0 Å². The first-order valence-corrected chi connectivity index (χ1v) is 7.49. The number of carboxylic acids is 2. The number of amides is 1. The van der Waals surface area contributed by atoms with Crippen molar-refractivity contribution in [2.24, 2.45) is 11.5 Å². The molecule has 0 aromatic rings. The number of aliphatic carboxylic acids is 2. The first-order valence-electron chi connectivity index (χ1n) is 7.49. The van der Waals surface area contributed by atoms with Crippen LogP contribution < -0.4 is 46.1 Å². The van der Waals surface area contributed by atoms with E-state index in [9.17, 15) is 29.1 Å². The van der Waals surface area contributed by atoms with Gasteiger partial charge in [0.15, 0.2) is 12.1 Å². The zero-order valence-corrected chi connectivity index (χ0v) is 17.9. The van der Waals surface area contributed by atoms with Gasteiger partial charge in [-0.1, -0.05) is 0 Å². The van der Waals surface area contributed by atoms with Gasteiger partial charge in [-0.15, -0.1) is 0 Å². The smallest absolute Gasteiger partial charge is 0.542 e. The maximum absolute atomic E-state index is 10.1. The number of carbonyl (C=O) groups is 5. The predicted molar refractivity (Wildman–Crippen MR) is 86.9 cm³/mol. The van der Waals surface area contributed by atoms with Crippen LogP contribution in [-0.2, 0) is 24.0 Å². The molecule has 10 N–H and O–H groups in total. The van der Waals surface area contributed by atoms with E-state index in [4.69, 9.17) is 42.1 Å². The van der Waals surface area contributed by atoms with Crippen molar-refractivity contribution >= 4 is 29.9 Å². The van der Waals surface area contributed by atoms with Gasteiger partial charge < -0.3 is 56.8 Å². The number of rotatable bonds is 10. The summed E-state index contributed by atoms with van der Waals surface area (Å²) in [6.07, 6.45) is -6.72. The molecule has 0 spiro atoms. The molecule has 1 unspecified atom stereocenters. The second-order valence-corrected chi connectivity index (χ2v) is 5.15. The molecule has 164 valence electrons. The summed E-state index contributed by atoms with van der Waals surface area (Å²) in [6.45, 7) is 0.180. The van der Waals surface area contributed by atoms with Crippen LogP contribution in [0.3, 0.4) is 0 Å². The van der Waals surface area contributed by atoms with E-state index in [1.165, 1.54) is 0 Å². The number of aliphatic hydroxyl groups excluding tert-OH is 5. The van der Waals surface area contributed by atoms with Crippen LogP contribution in [0.5, 0.6) is 0 Å². The number of aldehydes is 1. The van der Waals surface area contributed by atoms with Crippen molar-refractivity contribution in [1.29, 1.82) is 0 Å². The predicted octanol–water partition coefficient (Wildman–Crippen LogP) is -9.39. The molecular formula is C14H25N2NaO12. The molecule has 29 heavy (non-hydrogen) atoms. The number of aliphatic hydroxyl groups is 5. The summed E-state index contributed by atoms with van der Waals surface area (Å²) in [5.41, 5.74) is 9.81. The monoisotopic (exact) mass is 436 g/mol. The Morgan fingerprint density at radius 1 is 1.07 bits per heavy atom. The van der Waals surface area contributed by atoms with E-state index in [0.717, 1.165) is 6.92 Å². The maximum Gasteiger partial charge on any atom is 1.00 e. The third kappa shape index (κ3) is 21.0. The summed E-state index contributed by atoms with van der Waals surface area (Å²) in [5, 5.41) is 61.0. The van der Waals surface area contributed by atoms with E-state index >= 15 is 0 Å². The average Bonchev–Trinajstić information content (AvgIpc) is 2.63. The van der Waals surface area contributed by atoms with E-state index in [-0.39, 0.29) is 48.7 Å². The van der Waals surface area contributed by atoms with Crippen LogP contribution in [-0.4, -0.2) is 97.6 Å². The molecule has 14 nitrogen and oxygen atoms in total. The zero-order valence-electron chi connectivity index (χ0n) is 15.9. The second kappa shape index (κ2) is 19.8. The number of hydrogen-bond donors (Lipinski definition) is 8. The van der Waals surface area contributed by atoms with Crippen LogP contribution in [0.25, 0.3) is 0 Å². The van der Waals surface area contributed by atoms with E-state index in [2.05, 4.69) is 0 Å². The number of carbonyl (C=O) groups excluding carboxylic acids is 4. The SMILES string of the molecule is CC(=O)C(=O)[O-].NC(=O)CCC(N)C(=O)O.O=C[C@H](O)[C@@H](O)[C@H](O)[C@H](O)CO.[Na+]. The van der Waals surface area contributed by atoms with E-state index in [0.29, 0.717) is 0 Å². The summed E-state index contributed by atoms with van der Waals surface area (Å²) < 4.78 is 0. The molecule has 0 aromatic carbocycles. The van der Waals surface area contributed by atoms with Gasteiger partial charge in [-0.25, -0.2) is 0 Å². The minimum Gasteiger partial charge on any atom is -0.542 e. The number of nitrogens with two attached hydrogens (primary N) is 2. The molecule has 0 radical (unpaired) electrons. The number of hydrogen-bond acceptors (Lipinski definition) is 12. The number of ketones is 1. The molecule has 0 aromatic heterocycles. The molecule has 0 rings (SSSR count). The maximum atomic E-state index is 10.1. The summed E-state index contributed by atoms with van der Waals surface area (Å²) in [7, 11) is 0. The fourth-order valence-electron chi connectivity index (χ4n) is 1.04. The summed E-state index contributed by atoms with van der Waals surface area (Å²) >= 11 is 0. The molecule has 15 heteroatoms. The van der Waals surface area contributed by atoms with Gasteiger partial charge in [0.1, 0.15) is 36.4 Å². The molecule has 1 amide bonds. The minimum atomic E-state index is -1.79. The Bertz CT molecular complexity index is 507. The summed E-state index contributed by atoms with van der Waals surface area (Å²) in [4.78, 5) is 48.8. The number of Topliss-reactive ketones (excluding diaryl/α,β-unsaturated/α-hetero) is 1. The van der Waals surface area contributed by atoms with Gasteiger partial charge in [0.25, 0.3) is 0 Å². The summed E-state index contributed by atoms with van der Waals surface area (Å²) in [6, 6.07) is -0.979. The Hall–Kier alpha value is -1.49. The van der Waals surface area contributed by atoms with Crippen LogP contribution in [0.15, 0.2) is 0 Å². The van der Waals surface area contributed by atoms with Crippen LogP contribution in [0, 0.1) is 0 Å². The Morgan fingerprint density at radius 2 is 1.48 bits per heavy atom. The molecule has 0 saturated heterocycles. The van der Waals surface area contributed by atoms with Crippen LogP contribution in [0.2, 0.25) is 0 Å². The van der Waals surface area contributed by atoms with Crippen LogP contribution in [0.1, 0.15) is 19.8 Å². The topological polar surface area (TPSA) is 282 Å². The fraction of sp³-hybridized carbons (Fsp3) is 0.643. The average molecular weight is 436 g/mol. The molecule has 0 aliphatic heterocycles. The molecule has 5 atom stereocenters. The Balaban J connectivity index is -0.000000167. The zero-order chi connectivity index (χ0) is 23.0. The number of carboxylic acid groups (broad SMARTS) is 2. The first kappa shape index (κ1) is 35.0. The molecule has 0 fully saturated rings. The van der Waals surface area contributed by atoms with Crippen molar-refractivity contribution in [2.75, 3.05) is 6.61 Å². The summed E-state index contributed by atoms with van der Waals surface area (Å²) in [5.74, 6) is -4.21. The first-order chi connectivity index (χ1) is 12.7. The molecule has 0 bridgehead atoms. The molecule has 0 saturated carbocycles. The van der Waals surface area contributed by atoms with Gasteiger partial charge in [-0.2, -0.15) is 0 Å². The van der Waals surface area contributed by atoms with Gasteiger partial charge in [-0.05, 0) is 6.42 Å². The number of primary amides is 1. The van der Waals surface area contributed by atoms with Gasteiger partial charge in [0.05, 0.1) is 6.61 Å². The van der Waals surface area contributed by atoms with Crippen molar-refractivity contribution in [2.45, 2.75) is 50.2 Å². The van der Waals surface area contributed by atoms with Crippen molar-refractivity contribution < 1.29 is 89.3 Å². The minimum absolute atomic E-state index is 0. The van der Waals surface area contributed by atoms with Gasteiger partial charge in [-0.3, -0.25) is 14.4 Å². The largest absolute Gasteiger partial charge is 1.00 e. The Labute approximate surface area is 187 Å². The normalized spacial score (nSPS) is 14.6. The van der Waals surface area contributed by atoms with Gasteiger partial charge in [0.2, 0.25) is 5.91 Å². The molecular weight excluding hydrogens is 411 g/mol. The van der Waals surface area contributed by atoms with Crippen LogP contribution >= 0.6 is 0 Å². The van der Waals surface area contributed by atoms with E-state index in [1.807, 2.05) is 0 Å². The van der Waals surface area contributed by atoms with Gasteiger partial charge >= 0.3 is 35.5 Å². The standard InChI is InChI=1S/C6H12O6.C5H10N2O3.C3H4O3.Na/c7-1-3(9)5(11)6(12)4(10)2-8;6-3(5(9)10)1-2-4(7)8;1-2(4)3(5)6;/h1,3-6,8-12H,2H2;3H,1-2,6H2,(H2,7,8)(H,9,10);1H3,(H,5,6);/q;;;+1/p-1/t3-,4+,5+,6+;;;/m0.../s1. The van der Waals surface area contributed by atoms with Crippen LogP contribution in [0.4, 0.5) is 0 Å². The van der Waals surface area contributed by atoms with Crippen molar-refractivity contribution in [1.82, 2.24) is 0 Å². The van der Waals surface area contributed by atoms with E-state index in [1.54, 1.807) is 0 Å². The van der Waals surface area contributed by atoms with Gasteiger partial charge in [0, 0.05) is 13.3 Å². The Morgan fingerprint density at radius 3 is 1.72 bits per heavy atom. The third-order valence-electron chi connectivity index (χ3n) is 2.73. The van der Waals surface area contributed by atoms with E-state index < -0.39 is 60.7 Å². The second-order valence-electron chi connectivity index (χ2n) is 5.15. The Kier molecular flexibility index (Phi) is 23.9. The molecule has 0 aliphatic carbocycles. The van der Waals surface area contributed by atoms with Crippen molar-refractivity contribution in [3.05, 3.63) is 0 Å².